The number of aryl methyl sites for hydroxylation is 1. The third kappa shape index (κ3) is 4.31. The van der Waals surface area contributed by atoms with Gasteiger partial charge in [0, 0.05) is 23.1 Å². The summed E-state index contributed by atoms with van der Waals surface area (Å²) in [6.07, 6.45) is 3.39. The Morgan fingerprint density at radius 3 is 2.51 bits per heavy atom. The lowest BCUT2D eigenvalue weighted by molar-refractivity contribution is 0.0815. The van der Waals surface area contributed by atoms with Crippen molar-refractivity contribution >= 4 is 34.2 Å². The van der Waals surface area contributed by atoms with Crippen LogP contribution < -0.4 is 16.3 Å². The molecule has 0 atom stereocenters. The molecule has 2 aromatic carbocycles. The van der Waals surface area contributed by atoms with Crippen molar-refractivity contribution < 1.29 is 23.2 Å². The number of amides is 3. The minimum Gasteiger partial charge on any atom is -0.459 e. The van der Waals surface area contributed by atoms with Crippen LogP contribution in [0.4, 0.5) is 0 Å². The van der Waals surface area contributed by atoms with E-state index in [1.54, 1.807) is 19.1 Å². The van der Waals surface area contributed by atoms with E-state index >= 15 is 0 Å². The van der Waals surface area contributed by atoms with Crippen molar-refractivity contribution in [2.45, 2.75) is 26.2 Å². The number of rotatable bonds is 4. The van der Waals surface area contributed by atoms with Gasteiger partial charge in [0.25, 0.3) is 5.91 Å². The zero-order valence-corrected chi connectivity index (χ0v) is 18.9. The van der Waals surface area contributed by atoms with Crippen LogP contribution in [0.5, 0.6) is 0 Å². The Morgan fingerprint density at radius 1 is 0.886 bits per heavy atom. The van der Waals surface area contributed by atoms with Crippen molar-refractivity contribution in [2.24, 2.45) is 5.10 Å². The molecule has 1 aliphatic rings. The smallest absolute Gasteiger partial charge is 0.305 e. The molecule has 0 spiro atoms. The largest absolute Gasteiger partial charge is 0.459 e. The molecule has 0 aliphatic heterocycles. The minimum atomic E-state index is -0.601. The van der Waals surface area contributed by atoms with E-state index in [1.807, 2.05) is 36.4 Å². The van der Waals surface area contributed by atoms with E-state index in [-0.39, 0.29) is 17.4 Å². The number of nitrogens with one attached hydrogen (secondary N) is 3. The highest BCUT2D eigenvalue weighted by atomic mass is 16.4. The molecule has 0 unspecified atom stereocenters. The predicted molar refractivity (Wildman–Crippen MR) is 128 cm³/mol. The maximum Gasteiger partial charge on any atom is 0.305 e. The summed E-state index contributed by atoms with van der Waals surface area (Å²) in [7, 11) is 0. The first-order chi connectivity index (χ1) is 17.0. The van der Waals surface area contributed by atoms with Crippen LogP contribution in [-0.4, -0.2) is 23.4 Å². The lowest BCUT2D eigenvalue weighted by Crippen LogP contribution is -2.41. The van der Waals surface area contributed by atoms with E-state index in [9.17, 15) is 14.4 Å². The van der Waals surface area contributed by atoms with Crippen LogP contribution in [-0.2, 0) is 6.42 Å². The van der Waals surface area contributed by atoms with Crippen LogP contribution in [0.3, 0.4) is 0 Å². The fourth-order valence-corrected chi connectivity index (χ4v) is 4.24. The topological polar surface area (TPSA) is 126 Å². The average molecular weight is 470 g/mol. The second-order valence-electron chi connectivity index (χ2n) is 8.12. The third-order valence-corrected chi connectivity index (χ3v) is 5.89. The molecule has 1 aliphatic carbocycles. The number of hydrogen-bond acceptors (Lipinski definition) is 6. The monoisotopic (exact) mass is 470 g/mol. The van der Waals surface area contributed by atoms with Gasteiger partial charge in [-0.3, -0.25) is 25.2 Å². The number of carbonyl (C=O) groups excluding carboxylic acids is 3. The molecular weight excluding hydrogens is 448 g/mol. The molecular formula is C26H22N4O5. The van der Waals surface area contributed by atoms with E-state index in [1.165, 1.54) is 12.3 Å². The van der Waals surface area contributed by atoms with Crippen LogP contribution in [0, 0.1) is 6.92 Å². The Hall–Kier alpha value is -4.66. The molecule has 5 rings (SSSR count). The molecule has 176 valence electrons. The highest BCUT2D eigenvalue weighted by Gasteiger charge is 2.28. The number of hydrogen-bond donors (Lipinski definition) is 3. The Balaban J connectivity index is 1.34. The highest BCUT2D eigenvalue weighted by Crippen LogP contribution is 2.30. The maximum absolute atomic E-state index is 12.9. The molecule has 2 heterocycles. The van der Waals surface area contributed by atoms with Crippen LogP contribution >= 0.6 is 0 Å². The molecule has 9 nitrogen and oxygen atoms in total. The van der Waals surface area contributed by atoms with Crippen LogP contribution in [0.25, 0.3) is 10.8 Å². The molecule has 2 aromatic heterocycles. The van der Waals surface area contributed by atoms with Gasteiger partial charge in [-0.05, 0) is 48.7 Å². The van der Waals surface area contributed by atoms with E-state index in [2.05, 4.69) is 21.4 Å². The number of benzene rings is 2. The van der Waals surface area contributed by atoms with E-state index in [0.29, 0.717) is 41.0 Å². The predicted octanol–water partition coefficient (Wildman–Crippen LogP) is 3.88. The van der Waals surface area contributed by atoms with E-state index in [4.69, 9.17) is 8.83 Å². The molecule has 35 heavy (non-hydrogen) atoms. The zero-order valence-electron chi connectivity index (χ0n) is 18.9. The second-order valence-corrected chi connectivity index (χ2v) is 8.12. The summed E-state index contributed by atoms with van der Waals surface area (Å²) in [6, 6.07) is 16.2. The van der Waals surface area contributed by atoms with Crippen molar-refractivity contribution in [3.8, 4) is 0 Å². The molecule has 0 saturated heterocycles. The van der Waals surface area contributed by atoms with Gasteiger partial charge in [-0.1, -0.05) is 36.4 Å². The first-order valence-corrected chi connectivity index (χ1v) is 11.1. The number of carbonyl (C=O) groups is 3. The van der Waals surface area contributed by atoms with Gasteiger partial charge >= 0.3 is 11.8 Å². The first kappa shape index (κ1) is 22.1. The quantitative estimate of drug-likeness (QED) is 0.390. The van der Waals surface area contributed by atoms with Crippen LogP contribution in [0.1, 0.15) is 61.2 Å². The summed E-state index contributed by atoms with van der Waals surface area (Å²) in [4.78, 5) is 37.6. The first-order valence-electron chi connectivity index (χ1n) is 11.1. The van der Waals surface area contributed by atoms with E-state index in [0.717, 1.165) is 17.2 Å². The van der Waals surface area contributed by atoms with Gasteiger partial charge in [-0.25, -0.2) is 5.43 Å². The van der Waals surface area contributed by atoms with Crippen LogP contribution in [0.15, 0.2) is 74.8 Å². The Kier molecular flexibility index (Phi) is 5.88. The lowest BCUT2D eigenvalue weighted by atomic mass is 9.93. The summed E-state index contributed by atoms with van der Waals surface area (Å²) < 4.78 is 10.8. The molecule has 0 radical (unpaired) electrons. The van der Waals surface area contributed by atoms with Crippen molar-refractivity contribution in [1.29, 1.82) is 0 Å². The summed E-state index contributed by atoms with van der Waals surface area (Å²) in [5.74, 6) is -0.746. The van der Waals surface area contributed by atoms with Crippen molar-refractivity contribution in [3.05, 3.63) is 94.8 Å². The number of furan rings is 2. The third-order valence-electron chi connectivity index (χ3n) is 5.89. The van der Waals surface area contributed by atoms with E-state index < -0.39 is 11.8 Å². The number of nitrogens with zero attached hydrogens (tertiary/aromatic N) is 1. The Bertz CT molecular complexity index is 1460. The van der Waals surface area contributed by atoms with Gasteiger partial charge in [0.1, 0.15) is 5.76 Å². The van der Waals surface area contributed by atoms with Gasteiger partial charge < -0.3 is 8.83 Å². The summed E-state index contributed by atoms with van der Waals surface area (Å²) in [5.41, 5.74) is 9.75. The van der Waals surface area contributed by atoms with Gasteiger partial charge in [-0.15, -0.1) is 0 Å². The fraction of sp³-hybridized carbons (Fsp3) is 0.154. The van der Waals surface area contributed by atoms with Gasteiger partial charge in [0.15, 0.2) is 11.5 Å². The molecule has 0 bridgehead atoms. The second kappa shape index (κ2) is 9.30. The molecule has 3 N–H and O–H groups in total. The standard InChI is InChI=1S/C26H22N4O5/c1-15-22-19(27-28-24(31)18-10-4-8-16-7-2-3-9-17(16)18)11-5-12-20(22)35-23(15)26(33)30-29-25(32)21-13-6-14-34-21/h2-4,6-10,13-14H,5,11-12H2,1H3,(H,28,31)(H,29,32)(H,30,33)/b27-19+. The van der Waals surface area contributed by atoms with Crippen molar-refractivity contribution in [1.82, 2.24) is 16.3 Å². The SMILES string of the molecule is Cc1c(C(=O)NNC(=O)c2ccco2)oc2c1/C(=N/NC(=O)c1cccc3ccccc13)CCC2. The lowest BCUT2D eigenvalue weighted by Gasteiger charge is -2.13. The maximum atomic E-state index is 12.9. The Morgan fingerprint density at radius 2 is 1.69 bits per heavy atom. The fourth-order valence-electron chi connectivity index (χ4n) is 4.24. The van der Waals surface area contributed by atoms with Crippen molar-refractivity contribution in [3.63, 3.8) is 0 Å². The highest BCUT2D eigenvalue weighted by molar-refractivity contribution is 6.09. The molecule has 9 heteroatoms. The van der Waals surface area contributed by atoms with Gasteiger partial charge in [0.05, 0.1) is 12.0 Å². The molecule has 0 fully saturated rings. The number of hydrazine groups is 1. The van der Waals surface area contributed by atoms with Crippen LogP contribution in [0.2, 0.25) is 0 Å². The summed E-state index contributed by atoms with van der Waals surface area (Å²) in [5, 5.41) is 6.20. The van der Waals surface area contributed by atoms with Gasteiger partial charge in [0.2, 0.25) is 0 Å². The molecule has 3 amide bonds. The summed E-state index contributed by atoms with van der Waals surface area (Å²) in [6.45, 7) is 1.75. The average Bonchev–Trinajstić information content (AvgIpc) is 3.54. The van der Waals surface area contributed by atoms with Gasteiger partial charge in [-0.2, -0.15) is 5.10 Å². The Labute approximate surface area is 200 Å². The normalized spacial score (nSPS) is 13.9. The van der Waals surface area contributed by atoms with Crippen molar-refractivity contribution in [2.75, 3.05) is 0 Å². The number of fused-ring (bicyclic) bond motifs is 2. The minimum absolute atomic E-state index is 0.0668. The zero-order chi connectivity index (χ0) is 24.4. The molecule has 0 saturated carbocycles. The molecule has 4 aromatic rings. The summed E-state index contributed by atoms with van der Waals surface area (Å²) >= 11 is 0. The number of hydrazone groups is 1.